The van der Waals surface area contributed by atoms with Crippen molar-refractivity contribution in [2.75, 3.05) is 13.2 Å². The number of aliphatic hydroxyl groups is 1. The zero-order valence-electron chi connectivity index (χ0n) is 16.0. The summed E-state index contributed by atoms with van der Waals surface area (Å²) in [4.78, 5) is 14.8. The number of aromatic nitrogens is 1. The van der Waals surface area contributed by atoms with Crippen molar-refractivity contribution in [3.8, 4) is 11.1 Å². The molecule has 0 unspecified atom stereocenters. The summed E-state index contributed by atoms with van der Waals surface area (Å²) in [6.45, 7) is 0.899. The second-order valence-corrected chi connectivity index (χ2v) is 7.34. The fraction of sp³-hybridized carbons (Fsp3) is 0.292. The zero-order valence-corrected chi connectivity index (χ0v) is 16.0. The Morgan fingerprint density at radius 3 is 2.75 bits per heavy atom. The molecule has 4 heteroatoms. The molecule has 4 rings (SSSR count). The number of rotatable bonds is 5. The largest absolute Gasteiger partial charge is 0.396 e. The molecule has 0 bridgehead atoms. The van der Waals surface area contributed by atoms with E-state index in [1.165, 1.54) is 0 Å². The minimum atomic E-state index is 0.0347. The number of aliphatic hydroxyl groups excluding tert-OH is 1. The number of benzene rings is 1. The predicted octanol–water partition coefficient (Wildman–Crippen LogP) is 4.38. The maximum Gasteiger partial charge on any atom is 0.246 e. The predicted molar refractivity (Wildman–Crippen MR) is 113 cm³/mol. The van der Waals surface area contributed by atoms with Gasteiger partial charge in [-0.05, 0) is 49.5 Å². The van der Waals surface area contributed by atoms with E-state index in [2.05, 4.69) is 28.8 Å². The molecule has 0 radical (unpaired) electrons. The van der Waals surface area contributed by atoms with Gasteiger partial charge in [0.1, 0.15) is 0 Å². The summed E-state index contributed by atoms with van der Waals surface area (Å²) in [5, 5.41) is 9.32. The highest BCUT2D eigenvalue weighted by Crippen LogP contribution is 2.30. The van der Waals surface area contributed by atoms with Crippen LogP contribution in [0.1, 0.15) is 31.2 Å². The molecule has 2 aromatic heterocycles. The summed E-state index contributed by atoms with van der Waals surface area (Å²) in [5.41, 5.74) is 4.38. The van der Waals surface area contributed by atoms with Gasteiger partial charge >= 0.3 is 0 Å². The van der Waals surface area contributed by atoms with Crippen LogP contribution in [0, 0.1) is 0 Å². The first-order chi connectivity index (χ1) is 13.8. The summed E-state index contributed by atoms with van der Waals surface area (Å²) in [7, 11) is 0. The maximum atomic E-state index is 12.9. The highest BCUT2D eigenvalue weighted by Gasteiger charge is 2.24. The molecule has 4 nitrogen and oxygen atoms in total. The van der Waals surface area contributed by atoms with Crippen molar-refractivity contribution in [2.45, 2.75) is 31.7 Å². The van der Waals surface area contributed by atoms with Crippen molar-refractivity contribution in [1.29, 1.82) is 0 Å². The van der Waals surface area contributed by atoms with E-state index in [0.717, 1.165) is 48.0 Å². The number of likely N-dealkylation sites (tertiary alicyclic amines) is 1. The van der Waals surface area contributed by atoms with E-state index in [9.17, 15) is 9.90 Å². The lowest BCUT2D eigenvalue weighted by atomic mass is 9.99. The molecule has 3 aromatic rings. The van der Waals surface area contributed by atoms with Crippen molar-refractivity contribution in [1.82, 2.24) is 9.30 Å². The van der Waals surface area contributed by atoms with Crippen LogP contribution in [0.15, 0.2) is 67.0 Å². The number of pyridine rings is 1. The van der Waals surface area contributed by atoms with Crippen LogP contribution in [0.3, 0.4) is 0 Å². The topological polar surface area (TPSA) is 45.0 Å². The Morgan fingerprint density at radius 2 is 1.93 bits per heavy atom. The summed E-state index contributed by atoms with van der Waals surface area (Å²) < 4.78 is 2.10. The summed E-state index contributed by atoms with van der Waals surface area (Å²) in [5.74, 6) is 0.0347. The second-order valence-electron chi connectivity index (χ2n) is 7.34. The van der Waals surface area contributed by atoms with Crippen molar-refractivity contribution in [3.63, 3.8) is 0 Å². The molecule has 1 aromatic carbocycles. The summed E-state index contributed by atoms with van der Waals surface area (Å²) in [6.07, 6.45) is 11.6. The molecule has 0 aliphatic carbocycles. The molecule has 144 valence electrons. The lowest BCUT2D eigenvalue weighted by molar-refractivity contribution is -0.129. The number of amides is 1. The Labute approximate surface area is 165 Å². The molecule has 1 amide bonds. The first-order valence-electron chi connectivity index (χ1n) is 10.0. The van der Waals surface area contributed by atoms with E-state index in [1.807, 2.05) is 47.5 Å². The van der Waals surface area contributed by atoms with Crippen LogP contribution in [0.5, 0.6) is 0 Å². The van der Waals surface area contributed by atoms with E-state index < -0.39 is 0 Å². The first-order valence-corrected chi connectivity index (χ1v) is 10.0. The third kappa shape index (κ3) is 3.73. The Bertz CT molecular complexity index is 973. The van der Waals surface area contributed by atoms with Crippen LogP contribution in [0.2, 0.25) is 0 Å². The smallest absolute Gasteiger partial charge is 0.246 e. The number of hydrogen-bond acceptors (Lipinski definition) is 2. The number of fused-ring (bicyclic) bond motifs is 1. The maximum absolute atomic E-state index is 12.9. The van der Waals surface area contributed by atoms with Gasteiger partial charge in [-0.25, -0.2) is 0 Å². The van der Waals surface area contributed by atoms with Crippen LogP contribution in [0.4, 0.5) is 0 Å². The quantitative estimate of drug-likeness (QED) is 0.674. The van der Waals surface area contributed by atoms with Crippen molar-refractivity contribution in [2.24, 2.45) is 0 Å². The lowest BCUT2D eigenvalue weighted by Gasteiger charge is -2.34. The number of hydrogen-bond donors (Lipinski definition) is 1. The van der Waals surface area contributed by atoms with E-state index in [4.69, 9.17) is 0 Å². The van der Waals surface area contributed by atoms with Gasteiger partial charge < -0.3 is 14.4 Å². The highest BCUT2D eigenvalue weighted by molar-refractivity contribution is 5.96. The van der Waals surface area contributed by atoms with Gasteiger partial charge in [0.2, 0.25) is 5.91 Å². The van der Waals surface area contributed by atoms with Crippen LogP contribution in [-0.2, 0) is 4.79 Å². The molecule has 1 fully saturated rings. The molecule has 1 aliphatic heterocycles. The Morgan fingerprint density at radius 1 is 1.11 bits per heavy atom. The lowest BCUT2D eigenvalue weighted by Crippen LogP contribution is -2.43. The van der Waals surface area contributed by atoms with Crippen molar-refractivity contribution >= 4 is 17.5 Å². The standard InChI is InChI=1S/C24H26N2O2/c27-17-14-20-10-4-7-16-26(20)24(28)13-12-21-22(19-8-2-1-3-9-19)18-25-15-6-5-11-23(21)25/h1-3,5-6,8-9,11-13,15,18,20,27H,4,7,10,14,16-17H2/b13-12+/t20-/m1/s1. The number of carbonyl (C=O) groups is 1. The normalized spacial score (nSPS) is 17.5. The average molecular weight is 374 g/mol. The Kier molecular flexibility index (Phi) is 5.58. The molecular formula is C24H26N2O2. The number of piperidine rings is 1. The molecule has 0 saturated carbocycles. The van der Waals surface area contributed by atoms with Gasteiger partial charge in [-0.3, -0.25) is 4.79 Å². The van der Waals surface area contributed by atoms with Gasteiger partial charge in [0, 0.05) is 48.8 Å². The number of carbonyl (C=O) groups excluding carboxylic acids is 1. The fourth-order valence-electron chi connectivity index (χ4n) is 4.16. The Hall–Kier alpha value is -2.85. The SMILES string of the molecule is O=C(/C=C/c1c(-c2ccccc2)cn2ccccc12)N1CCCC[C@@H]1CCO. The number of nitrogens with zero attached hydrogens (tertiary/aromatic N) is 2. The van der Waals surface area contributed by atoms with Crippen LogP contribution in [-0.4, -0.2) is 39.5 Å². The van der Waals surface area contributed by atoms with Crippen molar-refractivity contribution in [3.05, 3.63) is 72.6 Å². The molecule has 1 N–H and O–H groups in total. The summed E-state index contributed by atoms with van der Waals surface area (Å²) in [6, 6.07) is 16.5. The van der Waals surface area contributed by atoms with Crippen LogP contribution < -0.4 is 0 Å². The van der Waals surface area contributed by atoms with E-state index in [-0.39, 0.29) is 18.6 Å². The van der Waals surface area contributed by atoms with Crippen molar-refractivity contribution < 1.29 is 9.90 Å². The third-order valence-electron chi connectivity index (χ3n) is 5.57. The highest BCUT2D eigenvalue weighted by atomic mass is 16.3. The average Bonchev–Trinajstić information content (AvgIpc) is 3.12. The fourth-order valence-corrected chi connectivity index (χ4v) is 4.16. The molecule has 1 atom stereocenters. The minimum absolute atomic E-state index is 0.0347. The van der Waals surface area contributed by atoms with Gasteiger partial charge in [0.05, 0.1) is 5.52 Å². The Balaban J connectivity index is 1.68. The minimum Gasteiger partial charge on any atom is -0.396 e. The molecule has 28 heavy (non-hydrogen) atoms. The van der Waals surface area contributed by atoms with E-state index >= 15 is 0 Å². The van der Waals surface area contributed by atoms with Gasteiger partial charge in [-0.15, -0.1) is 0 Å². The summed E-state index contributed by atoms with van der Waals surface area (Å²) >= 11 is 0. The molecule has 0 spiro atoms. The van der Waals surface area contributed by atoms with Crippen LogP contribution in [0.25, 0.3) is 22.7 Å². The first kappa shape index (κ1) is 18.5. The van der Waals surface area contributed by atoms with Crippen LogP contribution >= 0.6 is 0 Å². The third-order valence-corrected chi connectivity index (χ3v) is 5.57. The van der Waals surface area contributed by atoms with Gasteiger partial charge in [-0.1, -0.05) is 36.4 Å². The molecule has 1 aliphatic rings. The monoisotopic (exact) mass is 374 g/mol. The van der Waals surface area contributed by atoms with Gasteiger partial charge in [0.25, 0.3) is 0 Å². The van der Waals surface area contributed by atoms with E-state index in [1.54, 1.807) is 6.08 Å². The molecule has 1 saturated heterocycles. The molecule has 3 heterocycles. The van der Waals surface area contributed by atoms with Gasteiger partial charge in [-0.2, -0.15) is 0 Å². The zero-order chi connectivity index (χ0) is 19.3. The van der Waals surface area contributed by atoms with E-state index in [0.29, 0.717) is 6.42 Å². The van der Waals surface area contributed by atoms with Gasteiger partial charge in [0.15, 0.2) is 0 Å². The second kappa shape index (κ2) is 8.44. The molecular weight excluding hydrogens is 348 g/mol.